The van der Waals surface area contributed by atoms with E-state index in [0.29, 0.717) is 29.5 Å². The first-order valence-electron chi connectivity index (χ1n) is 9.42. The maximum absolute atomic E-state index is 6.00. The third-order valence-corrected chi connectivity index (χ3v) is 4.42. The van der Waals surface area contributed by atoms with E-state index in [9.17, 15) is 0 Å². The molecule has 4 heterocycles. The van der Waals surface area contributed by atoms with Crippen molar-refractivity contribution in [3.63, 3.8) is 0 Å². The zero-order valence-electron chi connectivity index (χ0n) is 15.8. The van der Waals surface area contributed by atoms with Gasteiger partial charge in [0.2, 0.25) is 5.95 Å². The summed E-state index contributed by atoms with van der Waals surface area (Å²) in [6.07, 6.45) is 6.88. The lowest BCUT2D eigenvalue weighted by molar-refractivity contribution is 0.577. The summed E-state index contributed by atoms with van der Waals surface area (Å²) >= 11 is 0. The zero-order chi connectivity index (χ0) is 20.1. The van der Waals surface area contributed by atoms with Gasteiger partial charge in [0.1, 0.15) is 17.2 Å². The first-order valence-corrected chi connectivity index (χ1v) is 9.42. The van der Waals surface area contributed by atoms with Crippen molar-refractivity contribution in [2.45, 2.75) is 12.8 Å². The molecular weight excluding hydrogens is 368 g/mol. The number of aromatic nitrogens is 3. The minimum absolute atomic E-state index is 0.140. The van der Waals surface area contributed by atoms with Gasteiger partial charge in [0.25, 0.3) is 0 Å². The topological polar surface area (TPSA) is 129 Å². The molecule has 0 unspecified atom stereocenters. The molecule has 0 aliphatic rings. The molecule has 0 saturated carbocycles. The normalized spacial score (nSPS) is 10.9. The summed E-state index contributed by atoms with van der Waals surface area (Å²) in [5, 5.41) is 3.33. The molecule has 4 aromatic heterocycles. The van der Waals surface area contributed by atoms with E-state index in [1.165, 1.54) is 0 Å². The molecule has 0 aromatic carbocycles. The summed E-state index contributed by atoms with van der Waals surface area (Å²) < 4.78 is 11.2. The molecule has 0 spiro atoms. The number of hydrogen-bond acceptors (Lipinski definition) is 8. The van der Waals surface area contributed by atoms with E-state index in [4.69, 9.17) is 20.3 Å². The number of furan rings is 2. The average Bonchev–Trinajstić information content (AvgIpc) is 3.45. The van der Waals surface area contributed by atoms with E-state index in [-0.39, 0.29) is 5.95 Å². The fourth-order valence-electron chi connectivity index (χ4n) is 3.10. The van der Waals surface area contributed by atoms with Crippen LogP contribution in [0.3, 0.4) is 0 Å². The summed E-state index contributed by atoms with van der Waals surface area (Å²) in [5.74, 6) is 2.08. The number of nitrogen functional groups attached to an aromatic ring is 1. The van der Waals surface area contributed by atoms with Gasteiger partial charge in [-0.05, 0) is 61.3 Å². The van der Waals surface area contributed by atoms with Crippen molar-refractivity contribution in [1.29, 1.82) is 0 Å². The molecule has 148 valence electrons. The molecule has 0 aliphatic carbocycles. The first kappa shape index (κ1) is 18.7. The lowest BCUT2D eigenvalue weighted by atomic mass is 10.00. The van der Waals surface area contributed by atoms with Gasteiger partial charge in [-0.3, -0.25) is 0 Å². The largest absolute Gasteiger partial charge is 0.463 e. The van der Waals surface area contributed by atoms with Gasteiger partial charge >= 0.3 is 0 Å². The van der Waals surface area contributed by atoms with Gasteiger partial charge in [-0.25, -0.2) is 15.0 Å². The van der Waals surface area contributed by atoms with Crippen LogP contribution < -0.4 is 16.8 Å². The number of unbranched alkanes of at least 4 members (excludes halogenated alkanes) is 1. The predicted molar refractivity (Wildman–Crippen MR) is 112 cm³/mol. The molecule has 5 N–H and O–H groups in total. The highest BCUT2D eigenvalue weighted by Gasteiger charge is 2.21. The maximum atomic E-state index is 6.00. The van der Waals surface area contributed by atoms with Crippen LogP contribution in [-0.2, 0) is 0 Å². The van der Waals surface area contributed by atoms with E-state index in [0.717, 1.165) is 36.3 Å². The van der Waals surface area contributed by atoms with Gasteiger partial charge in [-0.15, -0.1) is 0 Å². The molecule has 0 fully saturated rings. The maximum Gasteiger partial charge on any atom is 0.221 e. The van der Waals surface area contributed by atoms with E-state index in [1.807, 2.05) is 24.3 Å². The molecule has 4 aromatic rings. The highest BCUT2D eigenvalue weighted by Crippen LogP contribution is 2.39. The minimum Gasteiger partial charge on any atom is -0.463 e. The standard InChI is InChI=1S/C21H22N6O2/c22-8-1-2-9-24-17-13-14(7-10-25-17)18-19(15-5-3-11-28-15)26-21(23)27-20(18)16-6-4-12-29-16/h3-7,10-13H,1-2,8-9,22H2,(H,24,25)(H2,23,26,27). The Balaban J connectivity index is 1.82. The highest BCUT2D eigenvalue weighted by atomic mass is 16.3. The fraction of sp³-hybridized carbons (Fsp3) is 0.190. The Labute approximate surface area is 168 Å². The quantitative estimate of drug-likeness (QED) is 0.388. The van der Waals surface area contributed by atoms with E-state index >= 15 is 0 Å². The van der Waals surface area contributed by atoms with Crippen LogP contribution in [0, 0.1) is 0 Å². The molecule has 8 nitrogen and oxygen atoms in total. The summed E-state index contributed by atoms with van der Waals surface area (Å²) in [4.78, 5) is 13.3. The molecule has 0 atom stereocenters. The smallest absolute Gasteiger partial charge is 0.221 e. The van der Waals surface area contributed by atoms with Crippen molar-refractivity contribution >= 4 is 11.8 Å². The Hall–Kier alpha value is -3.65. The Morgan fingerprint density at radius 1 is 0.931 bits per heavy atom. The Bertz CT molecular complexity index is 1010. The van der Waals surface area contributed by atoms with Crippen LogP contribution in [0.4, 0.5) is 11.8 Å². The van der Waals surface area contributed by atoms with Crippen molar-refractivity contribution in [1.82, 2.24) is 15.0 Å². The number of pyridine rings is 1. The second kappa shape index (κ2) is 8.57. The molecule has 0 aliphatic heterocycles. The van der Waals surface area contributed by atoms with Gasteiger partial charge in [0.15, 0.2) is 11.5 Å². The lowest BCUT2D eigenvalue weighted by Gasteiger charge is -2.13. The van der Waals surface area contributed by atoms with Gasteiger partial charge in [-0.1, -0.05) is 0 Å². The highest BCUT2D eigenvalue weighted by molar-refractivity contribution is 5.89. The molecule has 29 heavy (non-hydrogen) atoms. The molecule has 0 bridgehead atoms. The second-order valence-corrected chi connectivity index (χ2v) is 6.46. The van der Waals surface area contributed by atoms with Crippen LogP contribution in [0.5, 0.6) is 0 Å². The predicted octanol–water partition coefficient (Wildman–Crippen LogP) is 3.79. The minimum atomic E-state index is 0.140. The first-order chi connectivity index (χ1) is 14.3. The van der Waals surface area contributed by atoms with Crippen molar-refractivity contribution in [2.75, 3.05) is 24.1 Å². The van der Waals surface area contributed by atoms with Gasteiger partial charge in [0.05, 0.1) is 12.5 Å². The van der Waals surface area contributed by atoms with E-state index in [2.05, 4.69) is 20.3 Å². The number of rotatable bonds is 8. The number of anilines is 2. The van der Waals surface area contributed by atoms with Gasteiger partial charge in [0, 0.05) is 18.3 Å². The Morgan fingerprint density at radius 3 is 2.21 bits per heavy atom. The number of nitrogens with one attached hydrogen (secondary N) is 1. The van der Waals surface area contributed by atoms with Crippen LogP contribution >= 0.6 is 0 Å². The number of hydrogen-bond donors (Lipinski definition) is 3. The van der Waals surface area contributed by atoms with Crippen LogP contribution in [-0.4, -0.2) is 28.0 Å². The molecule has 4 rings (SSSR count). The summed E-state index contributed by atoms with van der Waals surface area (Å²) in [7, 11) is 0. The molecule has 8 heteroatoms. The van der Waals surface area contributed by atoms with E-state index in [1.54, 1.807) is 30.9 Å². The van der Waals surface area contributed by atoms with Crippen LogP contribution in [0.2, 0.25) is 0 Å². The lowest BCUT2D eigenvalue weighted by Crippen LogP contribution is -2.07. The fourth-order valence-corrected chi connectivity index (χ4v) is 3.10. The van der Waals surface area contributed by atoms with Gasteiger partial charge < -0.3 is 25.6 Å². The van der Waals surface area contributed by atoms with Crippen molar-refractivity contribution in [2.24, 2.45) is 5.73 Å². The third kappa shape index (κ3) is 4.12. The van der Waals surface area contributed by atoms with Crippen molar-refractivity contribution in [3.05, 3.63) is 55.1 Å². The number of nitrogens with two attached hydrogens (primary N) is 2. The molecular formula is C21H22N6O2. The van der Waals surface area contributed by atoms with Crippen molar-refractivity contribution in [3.8, 4) is 34.0 Å². The zero-order valence-corrected chi connectivity index (χ0v) is 15.8. The van der Waals surface area contributed by atoms with Crippen LogP contribution in [0.15, 0.2) is 64.0 Å². The van der Waals surface area contributed by atoms with Crippen molar-refractivity contribution < 1.29 is 8.83 Å². The third-order valence-electron chi connectivity index (χ3n) is 4.42. The van der Waals surface area contributed by atoms with Crippen LogP contribution in [0.1, 0.15) is 12.8 Å². The Morgan fingerprint density at radius 2 is 1.62 bits per heavy atom. The molecule has 0 saturated heterocycles. The molecule has 0 amide bonds. The Kier molecular flexibility index (Phi) is 5.53. The monoisotopic (exact) mass is 390 g/mol. The summed E-state index contributed by atoms with van der Waals surface area (Å²) in [5.41, 5.74) is 14.4. The second-order valence-electron chi connectivity index (χ2n) is 6.46. The summed E-state index contributed by atoms with van der Waals surface area (Å²) in [6, 6.07) is 11.1. The summed E-state index contributed by atoms with van der Waals surface area (Å²) in [6.45, 7) is 1.47. The average molecular weight is 390 g/mol. The van der Waals surface area contributed by atoms with Crippen LogP contribution in [0.25, 0.3) is 34.0 Å². The number of nitrogens with zero attached hydrogens (tertiary/aromatic N) is 3. The van der Waals surface area contributed by atoms with E-state index < -0.39 is 0 Å². The van der Waals surface area contributed by atoms with Gasteiger partial charge in [-0.2, -0.15) is 0 Å². The SMILES string of the molecule is NCCCCNc1cc(-c2c(-c3ccco3)nc(N)nc2-c2ccco2)ccn1. The molecule has 0 radical (unpaired) electrons.